The van der Waals surface area contributed by atoms with E-state index >= 15 is 0 Å². The number of hydrogen-bond donors (Lipinski definition) is 2. The number of methoxy groups -OCH3 is 1. The van der Waals surface area contributed by atoms with E-state index in [1.165, 1.54) is 7.11 Å². The molecular weight excluding hydrogens is 366 g/mol. The van der Waals surface area contributed by atoms with Crippen molar-refractivity contribution in [3.8, 4) is 11.1 Å². The van der Waals surface area contributed by atoms with Gasteiger partial charge in [-0.05, 0) is 42.0 Å². The zero-order chi connectivity index (χ0) is 20.8. The number of rotatable bonds is 7. The molecule has 1 aliphatic rings. The van der Waals surface area contributed by atoms with E-state index in [9.17, 15) is 9.59 Å². The van der Waals surface area contributed by atoms with E-state index in [2.05, 4.69) is 4.90 Å². The van der Waals surface area contributed by atoms with Crippen molar-refractivity contribution in [1.82, 2.24) is 4.90 Å². The largest absolute Gasteiger partial charge is 0.469 e. The summed E-state index contributed by atoms with van der Waals surface area (Å²) < 4.78 is 4.79. The standard InChI is InChI=1S/C23H27N3O3/c1-29-22(28)13-16-3-2-12-26(14-16)21(15-27)19-8-4-17(5-9-19)18-6-10-20(11-7-18)23(24)25/h4-11,15-16,21H,2-3,12-14H2,1H3,(H3,24,25). The summed E-state index contributed by atoms with van der Waals surface area (Å²) in [6.07, 6.45) is 3.32. The molecule has 29 heavy (non-hydrogen) atoms. The van der Waals surface area contributed by atoms with E-state index in [1.807, 2.05) is 48.5 Å². The van der Waals surface area contributed by atoms with Crippen LogP contribution in [0, 0.1) is 11.3 Å². The zero-order valence-corrected chi connectivity index (χ0v) is 16.6. The average molecular weight is 393 g/mol. The number of aldehydes is 1. The molecule has 1 fully saturated rings. The number of carbonyl (C=O) groups is 2. The van der Waals surface area contributed by atoms with Gasteiger partial charge < -0.3 is 15.3 Å². The molecule has 0 aromatic heterocycles. The van der Waals surface area contributed by atoms with Crippen molar-refractivity contribution >= 4 is 18.1 Å². The second-order valence-corrected chi connectivity index (χ2v) is 7.48. The Morgan fingerprint density at radius 2 is 1.83 bits per heavy atom. The number of hydrogen-bond acceptors (Lipinski definition) is 5. The van der Waals surface area contributed by atoms with Gasteiger partial charge in [0.2, 0.25) is 0 Å². The number of amidine groups is 1. The fraction of sp³-hybridized carbons (Fsp3) is 0.348. The molecule has 2 aromatic rings. The van der Waals surface area contributed by atoms with E-state index in [4.69, 9.17) is 15.9 Å². The summed E-state index contributed by atoms with van der Waals surface area (Å²) >= 11 is 0. The van der Waals surface area contributed by atoms with Crippen molar-refractivity contribution in [2.75, 3.05) is 20.2 Å². The van der Waals surface area contributed by atoms with Gasteiger partial charge in [0, 0.05) is 18.5 Å². The summed E-state index contributed by atoms with van der Waals surface area (Å²) in [5.74, 6) is 0.0742. The Bertz CT molecular complexity index is 862. The van der Waals surface area contributed by atoms with Crippen LogP contribution in [0.4, 0.5) is 0 Å². The lowest BCUT2D eigenvalue weighted by Crippen LogP contribution is -2.39. The molecule has 3 N–H and O–H groups in total. The van der Waals surface area contributed by atoms with E-state index in [0.717, 1.165) is 42.4 Å². The fourth-order valence-corrected chi connectivity index (χ4v) is 3.93. The summed E-state index contributed by atoms with van der Waals surface area (Å²) in [4.78, 5) is 25.6. The molecule has 2 unspecified atom stereocenters. The Labute approximate surface area is 171 Å². The van der Waals surface area contributed by atoms with Crippen LogP contribution < -0.4 is 5.73 Å². The molecule has 2 aromatic carbocycles. The Morgan fingerprint density at radius 1 is 1.21 bits per heavy atom. The number of ether oxygens (including phenoxy) is 1. The van der Waals surface area contributed by atoms with Crippen molar-refractivity contribution in [2.45, 2.75) is 25.3 Å². The first kappa shape index (κ1) is 20.7. The maximum atomic E-state index is 11.9. The third-order valence-corrected chi connectivity index (χ3v) is 5.54. The maximum Gasteiger partial charge on any atom is 0.305 e. The van der Waals surface area contributed by atoms with Crippen molar-refractivity contribution in [3.05, 3.63) is 59.7 Å². The highest BCUT2D eigenvalue weighted by molar-refractivity contribution is 5.95. The molecule has 0 saturated carbocycles. The number of nitrogens with zero attached hydrogens (tertiary/aromatic N) is 1. The molecule has 0 spiro atoms. The van der Waals surface area contributed by atoms with Crippen LogP contribution in [-0.4, -0.2) is 43.2 Å². The smallest absolute Gasteiger partial charge is 0.305 e. The van der Waals surface area contributed by atoms with Crippen LogP contribution >= 0.6 is 0 Å². The van der Waals surface area contributed by atoms with Crippen LogP contribution in [0.2, 0.25) is 0 Å². The minimum Gasteiger partial charge on any atom is -0.469 e. The molecule has 3 rings (SSSR count). The lowest BCUT2D eigenvalue weighted by Gasteiger charge is -2.36. The lowest BCUT2D eigenvalue weighted by molar-refractivity contribution is -0.142. The predicted molar refractivity (Wildman–Crippen MR) is 113 cm³/mol. The van der Waals surface area contributed by atoms with E-state index < -0.39 is 0 Å². The average Bonchev–Trinajstić information content (AvgIpc) is 2.75. The van der Waals surface area contributed by atoms with Crippen molar-refractivity contribution < 1.29 is 14.3 Å². The van der Waals surface area contributed by atoms with Crippen LogP contribution in [0.3, 0.4) is 0 Å². The summed E-state index contributed by atoms with van der Waals surface area (Å²) in [6, 6.07) is 15.2. The Hall–Kier alpha value is -2.99. The molecule has 1 saturated heterocycles. The second kappa shape index (κ2) is 9.47. The first-order valence-corrected chi connectivity index (χ1v) is 9.82. The van der Waals surface area contributed by atoms with Gasteiger partial charge >= 0.3 is 5.97 Å². The summed E-state index contributed by atoms with van der Waals surface area (Å²) in [5, 5.41) is 7.48. The SMILES string of the molecule is COC(=O)CC1CCCN(C(C=O)c2ccc(-c3ccc(C(=N)N)cc3)cc2)C1. The number of nitrogens with one attached hydrogen (secondary N) is 1. The number of nitrogen functional groups attached to an aromatic ring is 1. The molecule has 0 amide bonds. The first-order valence-electron chi connectivity index (χ1n) is 9.82. The molecular formula is C23H27N3O3. The first-order chi connectivity index (χ1) is 14.0. The molecule has 1 aliphatic heterocycles. The van der Waals surface area contributed by atoms with Crippen molar-refractivity contribution in [1.29, 1.82) is 5.41 Å². The highest BCUT2D eigenvalue weighted by atomic mass is 16.5. The van der Waals surface area contributed by atoms with E-state index in [0.29, 0.717) is 18.5 Å². The van der Waals surface area contributed by atoms with Gasteiger partial charge in [0.05, 0.1) is 13.2 Å². The van der Waals surface area contributed by atoms with Gasteiger partial charge in [0.15, 0.2) is 0 Å². The topological polar surface area (TPSA) is 96.5 Å². The van der Waals surface area contributed by atoms with Crippen LogP contribution in [0.25, 0.3) is 11.1 Å². The van der Waals surface area contributed by atoms with Crippen LogP contribution in [0.15, 0.2) is 48.5 Å². The Balaban J connectivity index is 1.72. The van der Waals surface area contributed by atoms with Crippen molar-refractivity contribution in [2.24, 2.45) is 11.7 Å². The molecule has 1 heterocycles. The molecule has 0 radical (unpaired) electrons. The number of esters is 1. The second-order valence-electron chi connectivity index (χ2n) is 7.48. The quantitative estimate of drug-likeness (QED) is 0.326. The van der Waals surface area contributed by atoms with Gasteiger partial charge in [-0.1, -0.05) is 48.5 Å². The number of piperidine rings is 1. The van der Waals surface area contributed by atoms with Gasteiger partial charge in [-0.15, -0.1) is 0 Å². The highest BCUT2D eigenvalue weighted by Crippen LogP contribution is 2.29. The highest BCUT2D eigenvalue weighted by Gasteiger charge is 2.28. The number of nitrogens with two attached hydrogens (primary N) is 1. The van der Waals surface area contributed by atoms with Crippen LogP contribution in [-0.2, 0) is 14.3 Å². The monoisotopic (exact) mass is 393 g/mol. The predicted octanol–water partition coefficient (Wildman–Crippen LogP) is 3.15. The molecule has 2 atom stereocenters. The van der Waals surface area contributed by atoms with Crippen LogP contribution in [0.5, 0.6) is 0 Å². The van der Waals surface area contributed by atoms with Gasteiger partial charge in [-0.2, -0.15) is 0 Å². The molecule has 6 heteroatoms. The number of likely N-dealkylation sites (tertiary alicyclic amines) is 1. The summed E-state index contributed by atoms with van der Waals surface area (Å²) in [6.45, 7) is 1.56. The molecule has 6 nitrogen and oxygen atoms in total. The minimum atomic E-state index is -0.315. The third kappa shape index (κ3) is 5.09. The number of carbonyl (C=O) groups excluding carboxylic acids is 2. The maximum absolute atomic E-state index is 11.9. The van der Waals surface area contributed by atoms with Gasteiger partial charge in [0.1, 0.15) is 12.1 Å². The minimum absolute atomic E-state index is 0.0488. The Morgan fingerprint density at radius 3 is 2.38 bits per heavy atom. The van der Waals surface area contributed by atoms with Crippen molar-refractivity contribution in [3.63, 3.8) is 0 Å². The van der Waals surface area contributed by atoms with E-state index in [-0.39, 0.29) is 23.8 Å². The summed E-state index contributed by atoms with van der Waals surface area (Å²) in [5.41, 5.74) is 9.21. The van der Waals surface area contributed by atoms with Gasteiger partial charge in [-0.25, -0.2) is 0 Å². The normalized spacial score (nSPS) is 18.0. The molecule has 152 valence electrons. The number of benzene rings is 2. The molecule has 0 aliphatic carbocycles. The fourth-order valence-electron chi connectivity index (χ4n) is 3.93. The van der Waals surface area contributed by atoms with Crippen LogP contribution in [0.1, 0.15) is 36.4 Å². The summed E-state index contributed by atoms with van der Waals surface area (Å²) in [7, 11) is 1.41. The van der Waals surface area contributed by atoms with Gasteiger partial charge in [-0.3, -0.25) is 15.1 Å². The lowest BCUT2D eigenvalue weighted by atomic mass is 9.92. The molecule has 0 bridgehead atoms. The van der Waals surface area contributed by atoms with E-state index in [1.54, 1.807) is 0 Å². The van der Waals surface area contributed by atoms with Gasteiger partial charge in [0.25, 0.3) is 0 Å². The zero-order valence-electron chi connectivity index (χ0n) is 16.6. The third-order valence-electron chi connectivity index (χ3n) is 5.54. The Kier molecular flexibility index (Phi) is 6.77.